The van der Waals surface area contributed by atoms with Crippen LogP contribution in [0.15, 0.2) is 18.2 Å². The number of hydrogen-bond donors (Lipinski definition) is 3. The number of nitriles is 1. The molecule has 0 radical (unpaired) electrons. The van der Waals surface area contributed by atoms with Gasteiger partial charge in [0.25, 0.3) is 0 Å². The highest BCUT2D eigenvalue weighted by Gasteiger charge is 2.10. The Labute approximate surface area is 111 Å². The third kappa shape index (κ3) is 4.56. The predicted octanol–water partition coefficient (Wildman–Crippen LogP) is 1.27. The second-order valence-electron chi connectivity index (χ2n) is 4.03. The summed E-state index contributed by atoms with van der Waals surface area (Å²) in [7, 11) is 0. The highest BCUT2D eigenvalue weighted by molar-refractivity contribution is 5.74. The molecule has 102 valence electrons. The summed E-state index contributed by atoms with van der Waals surface area (Å²) >= 11 is 0. The summed E-state index contributed by atoms with van der Waals surface area (Å²) < 4.78 is 13.4. The highest BCUT2D eigenvalue weighted by Crippen LogP contribution is 2.09. The fourth-order valence-corrected chi connectivity index (χ4v) is 1.47. The summed E-state index contributed by atoms with van der Waals surface area (Å²) in [5.74, 6) is -0.478. The number of amides is 2. The molecule has 0 aliphatic rings. The van der Waals surface area contributed by atoms with Gasteiger partial charge in [0, 0.05) is 12.1 Å². The van der Waals surface area contributed by atoms with Gasteiger partial charge in [-0.05, 0) is 24.6 Å². The summed E-state index contributed by atoms with van der Waals surface area (Å²) in [4.78, 5) is 11.5. The molecular weight excluding hydrogens is 249 g/mol. The number of carbonyl (C=O) groups excluding carboxylic acids is 1. The summed E-state index contributed by atoms with van der Waals surface area (Å²) in [5.41, 5.74) is 0.576. The third-order valence-corrected chi connectivity index (χ3v) is 2.66. The molecule has 0 spiro atoms. The summed E-state index contributed by atoms with van der Waals surface area (Å²) in [6, 6.07) is 5.05. The van der Waals surface area contributed by atoms with E-state index in [9.17, 15) is 9.18 Å². The van der Waals surface area contributed by atoms with Gasteiger partial charge in [-0.3, -0.25) is 0 Å². The van der Waals surface area contributed by atoms with E-state index in [0.29, 0.717) is 12.0 Å². The lowest BCUT2D eigenvalue weighted by atomic mass is 10.1. The van der Waals surface area contributed by atoms with Crippen LogP contribution in [0, 0.1) is 17.1 Å². The summed E-state index contributed by atoms with van der Waals surface area (Å²) in [6.45, 7) is 1.66. The molecule has 0 saturated carbocycles. The Hall–Kier alpha value is -2.13. The van der Waals surface area contributed by atoms with Crippen LogP contribution in [0.1, 0.15) is 24.5 Å². The maximum Gasteiger partial charge on any atom is 0.315 e. The third-order valence-electron chi connectivity index (χ3n) is 2.66. The van der Waals surface area contributed by atoms with Crippen molar-refractivity contribution in [3.8, 4) is 6.07 Å². The minimum absolute atomic E-state index is 0.0188. The molecule has 0 unspecified atom stereocenters. The average molecular weight is 265 g/mol. The molecule has 0 saturated heterocycles. The van der Waals surface area contributed by atoms with E-state index in [2.05, 4.69) is 10.6 Å². The number of aliphatic hydroxyl groups is 1. The maximum absolute atomic E-state index is 13.4. The minimum Gasteiger partial charge on any atom is -0.394 e. The fourth-order valence-electron chi connectivity index (χ4n) is 1.47. The first-order valence-corrected chi connectivity index (χ1v) is 5.94. The first kappa shape index (κ1) is 14.9. The van der Waals surface area contributed by atoms with Gasteiger partial charge in [0.2, 0.25) is 0 Å². The van der Waals surface area contributed by atoms with Crippen molar-refractivity contribution in [2.45, 2.75) is 25.9 Å². The van der Waals surface area contributed by atoms with Gasteiger partial charge in [0.05, 0.1) is 24.3 Å². The van der Waals surface area contributed by atoms with Crippen molar-refractivity contribution in [1.29, 1.82) is 5.26 Å². The molecule has 0 aromatic heterocycles. The van der Waals surface area contributed by atoms with Crippen LogP contribution in [0.5, 0.6) is 0 Å². The van der Waals surface area contributed by atoms with Crippen LogP contribution < -0.4 is 10.6 Å². The number of urea groups is 1. The molecule has 6 heteroatoms. The Bertz CT molecular complexity index is 481. The number of rotatable bonds is 5. The molecule has 1 aromatic rings. The smallest absolute Gasteiger partial charge is 0.315 e. The van der Waals surface area contributed by atoms with E-state index in [1.807, 2.05) is 13.0 Å². The molecule has 3 N–H and O–H groups in total. The largest absolute Gasteiger partial charge is 0.394 e. The zero-order valence-electron chi connectivity index (χ0n) is 10.6. The Balaban J connectivity index is 2.57. The Morgan fingerprint density at radius 1 is 1.58 bits per heavy atom. The van der Waals surface area contributed by atoms with E-state index < -0.39 is 11.8 Å². The molecule has 0 fully saturated rings. The van der Waals surface area contributed by atoms with E-state index in [-0.39, 0.29) is 24.8 Å². The van der Waals surface area contributed by atoms with Gasteiger partial charge in [0.1, 0.15) is 5.82 Å². The molecule has 1 aromatic carbocycles. The van der Waals surface area contributed by atoms with Crippen molar-refractivity contribution in [1.82, 2.24) is 10.6 Å². The van der Waals surface area contributed by atoms with Crippen LogP contribution in [-0.4, -0.2) is 23.8 Å². The highest BCUT2D eigenvalue weighted by atomic mass is 19.1. The van der Waals surface area contributed by atoms with Crippen LogP contribution in [-0.2, 0) is 6.54 Å². The lowest BCUT2D eigenvalue weighted by Gasteiger charge is -2.14. The van der Waals surface area contributed by atoms with Crippen LogP contribution in [0.3, 0.4) is 0 Å². The Morgan fingerprint density at radius 2 is 2.32 bits per heavy atom. The molecule has 0 aliphatic heterocycles. The summed E-state index contributed by atoms with van der Waals surface area (Å²) in [5, 5.41) is 22.7. The van der Waals surface area contributed by atoms with Gasteiger partial charge in [-0.1, -0.05) is 6.92 Å². The minimum atomic E-state index is -0.484. The monoisotopic (exact) mass is 265 g/mol. The first-order valence-electron chi connectivity index (χ1n) is 5.94. The van der Waals surface area contributed by atoms with Crippen molar-refractivity contribution >= 4 is 6.03 Å². The van der Waals surface area contributed by atoms with E-state index in [4.69, 9.17) is 10.4 Å². The van der Waals surface area contributed by atoms with E-state index >= 15 is 0 Å². The van der Waals surface area contributed by atoms with E-state index in [1.165, 1.54) is 18.2 Å². The molecular formula is C13H16FN3O2. The molecule has 0 heterocycles. The normalized spacial score (nSPS) is 11.5. The van der Waals surface area contributed by atoms with Crippen molar-refractivity contribution in [2.75, 3.05) is 6.61 Å². The van der Waals surface area contributed by atoms with Gasteiger partial charge in [-0.25, -0.2) is 9.18 Å². The molecule has 1 rings (SSSR count). The van der Waals surface area contributed by atoms with Gasteiger partial charge < -0.3 is 15.7 Å². The van der Waals surface area contributed by atoms with E-state index in [0.717, 1.165) is 0 Å². The summed E-state index contributed by atoms with van der Waals surface area (Å²) in [6.07, 6.45) is 0.599. The van der Waals surface area contributed by atoms with Gasteiger partial charge >= 0.3 is 6.03 Å². The predicted molar refractivity (Wildman–Crippen MR) is 67.7 cm³/mol. The van der Waals surface area contributed by atoms with Gasteiger partial charge in [-0.2, -0.15) is 5.26 Å². The number of nitrogens with one attached hydrogen (secondary N) is 2. The molecule has 0 bridgehead atoms. The quantitative estimate of drug-likeness (QED) is 0.749. The number of benzene rings is 1. The number of carbonyl (C=O) groups is 1. The van der Waals surface area contributed by atoms with Crippen molar-refractivity contribution < 1.29 is 14.3 Å². The number of hydrogen-bond acceptors (Lipinski definition) is 3. The molecule has 2 amide bonds. The SMILES string of the molecule is CC[C@H](CO)NC(=O)NCc1cc(C#N)ccc1F. The van der Waals surface area contributed by atoms with E-state index in [1.54, 1.807) is 0 Å². The van der Waals surface area contributed by atoms with Crippen molar-refractivity contribution in [3.63, 3.8) is 0 Å². The van der Waals surface area contributed by atoms with Crippen LogP contribution >= 0.6 is 0 Å². The first-order chi connectivity index (χ1) is 9.10. The molecule has 1 atom stereocenters. The fraction of sp³-hybridized carbons (Fsp3) is 0.385. The van der Waals surface area contributed by atoms with Crippen molar-refractivity contribution in [2.24, 2.45) is 0 Å². The number of halogens is 1. The van der Waals surface area contributed by atoms with Crippen LogP contribution in [0.25, 0.3) is 0 Å². The standard InChI is InChI=1S/C13H16FN3O2/c1-2-11(8-18)17-13(19)16-7-10-5-9(6-15)3-4-12(10)14/h3-5,11,18H,2,7-8H2,1H3,(H2,16,17,19)/t11-/m1/s1. The second kappa shape index (κ2) is 7.34. The number of nitrogens with zero attached hydrogens (tertiary/aromatic N) is 1. The lowest BCUT2D eigenvalue weighted by Crippen LogP contribution is -2.43. The lowest BCUT2D eigenvalue weighted by molar-refractivity contribution is 0.214. The van der Waals surface area contributed by atoms with Crippen LogP contribution in [0.4, 0.5) is 9.18 Å². The second-order valence-corrected chi connectivity index (χ2v) is 4.03. The Morgan fingerprint density at radius 3 is 2.89 bits per heavy atom. The van der Waals surface area contributed by atoms with Gasteiger partial charge in [0.15, 0.2) is 0 Å². The molecule has 19 heavy (non-hydrogen) atoms. The molecule has 5 nitrogen and oxygen atoms in total. The molecule has 0 aliphatic carbocycles. The van der Waals surface area contributed by atoms with Crippen LogP contribution in [0.2, 0.25) is 0 Å². The van der Waals surface area contributed by atoms with Gasteiger partial charge in [-0.15, -0.1) is 0 Å². The zero-order valence-corrected chi connectivity index (χ0v) is 10.6. The Kier molecular flexibility index (Phi) is 5.76. The average Bonchev–Trinajstić information content (AvgIpc) is 2.43. The van der Waals surface area contributed by atoms with Crippen molar-refractivity contribution in [3.05, 3.63) is 35.1 Å². The topological polar surface area (TPSA) is 85.2 Å². The zero-order chi connectivity index (χ0) is 14.3. The maximum atomic E-state index is 13.4. The number of aliphatic hydroxyl groups excluding tert-OH is 1.